The standard InChI is InChI=1S/C5H7N/c1-2-3-4-5-6/h2-6H,1H2/p+1/b4-3+,6-5?. The number of nitrogens with one attached hydrogen (secondary N) is 1. The van der Waals surface area contributed by atoms with Gasteiger partial charge in [-0.1, -0.05) is 18.7 Å². The summed E-state index contributed by atoms with van der Waals surface area (Å²) in [6, 6.07) is 0. The lowest BCUT2D eigenvalue weighted by atomic mass is 10.5. The van der Waals surface area contributed by atoms with Crippen LogP contribution in [0, 0.1) is 5.41 Å². The highest BCUT2D eigenvalue weighted by atomic mass is 14.3. The Hall–Kier alpha value is -0.850. The Bertz CT molecular complexity index is 66.1. The Balaban J connectivity index is 0. The van der Waals surface area contributed by atoms with E-state index in [0.717, 1.165) is 0 Å². The van der Waals surface area contributed by atoms with Crippen LogP contribution >= 0.6 is 0 Å². The van der Waals surface area contributed by atoms with Crippen molar-refractivity contribution in [2.75, 3.05) is 0 Å². The van der Waals surface area contributed by atoms with Crippen molar-refractivity contribution in [3.63, 3.8) is 0 Å². The molecule has 0 aliphatic heterocycles. The Morgan fingerprint density at radius 1 is 1.50 bits per heavy atom. The van der Waals surface area contributed by atoms with E-state index in [1.165, 1.54) is 6.21 Å². The lowest BCUT2D eigenvalue weighted by Crippen LogP contribution is -1.50. The van der Waals surface area contributed by atoms with E-state index in [1.54, 1.807) is 18.2 Å². The summed E-state index contributed by atoms with van der Waals surface area (Å²) in [4.78, 5) is 0. The van der Waals surface area contributed by atoms with E-state index >= 15 is 0 Å². The summed E-state index contributed by atoms with van der Waals surface area (Å²) < 4.78 is 0. The summed E-state index contributed by atoms with van der Waals surface area (Å²) in [5, 5.41) is 6.45. The molecule has 0 unspecified atom stereocenters. The first-order valence-electron chi connectivity index (χ1n) is 1.70. The fourth-order valence-electron chi connectivity index (χ4n) is 0.134. The van der Waals surface area contributed by atoms with Crippen LogP contribution in [0.25, 0.3) is 0 Å². The molecule has 0 heterocycles. The van der Waals surface area contributed by atoms with Crippen LogP contribution in [-0.2, 0) is 0 Å². The molecule has 0 fully saturated rings. The molecule has 0 aromatic rings. The lowest BCUT2D eigenvalue weighted by molar-refractivity contribution is 1.58. The second-order valence-corrected chi connectivity index (χ2v) is 0.787. The topological polar surface area (TPSA) is 23.9 Å². The Morgan fingerprint density at radius 3 is 2.33 bits per heavy atom. The highest BCUT2D eigenvalue weighted by Crippen LogP contribution is 1.63. The maximum Gasteiger partial charge on any atom is 1.00 e. The van der Waals surface area contributed by atoms with Crippen LogP contribution in [0.4, 0.5) is 0 Å². The van der Waals surface area contributed by atoms with Crippen LogP contribution < -0.4 is 0 Å². The maximum absolute atomic E-state index is 6.45. The molecule has 0 saturated heterocycles. The molecule has 1 N–H and O–H groups in total. The normalized spacial score (nSPS) is 8.67. The fraction of sp³-hybridized carbons (Fsp3) is 0. The van der Waals surface area contributed by atoms with Crippen LogP contribution in [0.2, 0.25) is 0 Å². The van der Waals surface area contributed by atoms with Gasteiger partial charge in [0.2, 0.25) is 0 Å². The summed E-state index contributed by atoms with van der Waals surface area (Å²) in [7, 11) is 0. The van der Waals surface area contributed by atoms with Crippen molar-refractivity contribution in [2.24, 2.45) is 0 Å². The molecular formula is C5H8N+. The second-order valence-electron chi connectivity index (χ2n) is 0.787. The van der Waals surface area contributed by atoms with Gasteiger partial charge in [0.25, 0.3) is 0 Å². The predicted molar refractivity (Wildman–Crippen MR) is 29.2 cm³/mol. The molecule has 0 saturated carbocycles. The lowest BCUT2D eigenvalue weighted by Gasteiger charge is -1.59. The minimum Gasteiger partial charge on any atom is -0.309 e. The first kappa shape index (κ1) is 5.15. The van der Waals surface area contributed by atoms with Crippen molar-refractivity contribution in [3.8, 4) is 0 Å². The maximum atomic E-state index is 6.45. The SMILES string of the molecule is C=C/C=C/C=N.[H+]. The molecule has 0 aromatic heterocycles. The second kappa shape index (κ2) is 4.15. The monoisotopic (exact) mass is 82.1 g/mol. The third kappa shape index (κ3) is 3.15. The van der Waals surface area contributed by atoms with Gasteiger partial charge in [-0.05, 0) is 6.08 Å². The molecule has 0 aliphatic carbocycles. The molecule has 0 atom stereocenters. The molecule has 0 aromatic carbocycles. The molecule has 1 heteroatoms. The summed E-state index contributed by atoms with van der Waals surface area (Å²) in [5.41, 5.74) is 0. The Labute approximate surface area is 39.0 Å². The molecule has 0 bridgehead atoms. The third-order valence-corrected chi connectivity index (χ3v) is 0.343. The van der Waals surface area contributed by atoms with Gasteiger partial charge < -0.3 is 5.41 Å². The first-order chi connectivity index (χ1) is 2.91. The quantitative estimate of drug-likeness (QED) is 0.385. The van der Waals surface area contributed by atoms with E-state index in [4.69, 9.17) is 5.41 Å². The van der Waals surface area contributed by atoms with E-state index in [1.807, 2.05) is 0 Å². The first-order valence-corrected chi connectivity index (χ1v) is 1.70. The van der Waals surface area contributed by atoms with Crippen LogP contribution in [0.1, 0.15) is 1.43 Å². The van der Waals surface area contributed by atoms with Gasteiger partial charge in [0, 0.05) is 6.21 Å². The predicted octanol–water partition coefficient (Wildman–Crippen LogP) is 1.49. The molecule has 6 heavy (non-hydrogen) atoms. The van der Waals surface area contributed by atoms with E-state index < -0.39 is 0 Å². The van der Waals surface area contributed by atoms with E-state index in [0.29, 0.717) is 0 Å². The van der Waals surface area contributed by atoms with Gasteiger partial charge in [0.05, 0.1) is 0 Å². The van der Waals surface area contributed by atoms with Crippen molar-refractivity contribution in [1.82, 2.24) is 0 Å². The van der Waals surface area contributed by atoms with Crippen molar-refractivity contribution in [1.29, 1.82) is 5.41 Å². The molecule has 0 amide bonds. The fourth-order valence-corrected chi connectivity index (χ4v) is 0.134. The van der Waals surface area contributed by atoms with Crippen LogP contribution in [0.3, 0.4) is 0 Å². The average Bonchev–Trinajstić information content (AvgIpc) is 1.61. The zero-order valence-electron chi connectivity index (χ0n) is 4.52. The van der Waals surface area contributed by atoms with Gasteiger partial charge >= 0.3 is 1.43 Å². The summed E-state index contributed by atoms with van der Waals surface area (Å²) in [6.07, 6.45) is 6.15. The van der Waals surface area contributed by atoms with Gasteiger partial charge in [-0.25, -0.2) is 0 Å². The summed E-state index contributed by atoms with van der Waals surface area (Å²) >= 11 is 0. The largest absolute Gasteiger partial charge is 1.00 e. The van der Waals surface area contributed by atoms with Gasteiger partial charge in [0.1, 0.15) is 0 Å². The minimum absolute atomic E-state index is 0. The van der Waals surface area contributed by atoms with Gasteiger partial charge in [-0.15, -0.1) is 0 Å². The molecule has 1 nitrogen and oxygen atoms in total. The van der Waals surface area contributed by atoms with Crippen LogP contribution in [0.15, 0.2) is 24.8 Å². The van der Waals surface area contributed by atoms with Gasteiger partial charge in [-0.2, -0.15) is 0 Å². The van der Waals surface area contributed by atoms with Crippen LogP contribution in [0.5, 0.6) is 0 Å². The van der Waals surface area contributed by atoms with Crippen molar-refractivity contribution < 1.29 is 1.43 Å². The molecule has 0 spiro atoms. The zero-order valence-corrected chi connectivity index (χ0v) is 3.52. The number of hydrogen-bond donors (Lipinski definition) is 1. The Morgan fingerprint density at radius 2 is 2.17 bits per heavy atom. The molecular weight excluding hydrogens is 74.1 g/mol. The van der Waals surface area contributed by atoms with Gasteiger partial charge in [-0.3, -0.25) is 0 Å². The smallest absolute Gasteiger partial charge is 0.309 e. The molecule has 0 radical (unpaired) electrons. The highest BCUT2D eigenvalue weighted by molar-refractivity contribution is 5.67. The molecule has 32 valence electrons. The van der Waals surface area contributed by atoms with E-state index in [-0.39, 0.29) is 1.43 Å². The van der Waals surface area contributed by atoms with E-state index in [2.05, 4.69) is 6.58 Å². The van der Waals surface area contributed by atoms with Crippen molar-refractivity contribution in [2.45, 2.75) is 0 Å². The van der Waals surface area contributed by atoms with Crippen molar-refractivity contribution in [3.05, 3.63) is 24.8 Å². The minimum atomic E-state index is 0. The average molecular weight is 82.1 g/mol. The molecule has 0 aliphatic rings. The highest BCUT2D eigenvalue weighted by Gasteiger charge is 1.48. The summed E-state index contributed by atoms with van der Waals surface area (Å²) in [5.74, 6) is 0. The summed E-state index contributed by atoms with van der Waals surface area (Å²) in [6.45, 7) is 3.41. The number of allylic oxidation sites excluding steroid dienone is 3. The Kier molecular flexibility index (Phi) is 3.56. The van der Waals surface area contributed by atoms with Crippen molar-refractivity contribution >= 4 is 6.21 Å². The third-order valence-electron chi connectivity index (χ3n) is 0.343. The zero-order chi connectivity index (χ0) is 4.83. The van der Waals surface area contributed by atoms with Gasteiger partial charge in [0.15, 0.2) is 0 Å². The molecule has 0 rings (SSSR count). The van der Waals surface area contributed by atoms with Crippen LogP contribution in [-0.4, -0.2) is 6.21 Å². The number of rotatable bonds is 2. The number of hydrogen-bond acceptors (Lipinski definition) is 1. The van der Waals surface area contributed by atoms with E-state index in [9.17, 15) is 0 Å².